The van der Waals surface area contributed by atoms with Gasteiger partial charge in [0.2, 0.25) is 5.91 Å². The first-order chi connectivity index (χ1) is 12.8. The van der Waals surface area contributed by atoms with Gasteiger partial charge in [-0.3, -0.25) is 14.7 Å². The summed E-state index contributed by atoms with van der Waals surface area (Å²) < 4.78 is 37.6. The maximum atomic E-state index is 12.5. The highest BCUT2D eigenvalue weighted by Crippen LogP contribution is 2.26. The molecule has 2 aliphatic rings. The van der Waals surface area contributed by atoms with Crippen LogP contribution in [0.4, 0.5) is 18.9 Å². The fraction of sp³-hybridized carbons (Fsp3) is 0.684. The zero-order chi connectivity index (χ0) is 19.4. The van der Waals surface area contributed by atoms with Gasteiger partial charge in [0, 0.05) is 37.7 Å². The predicted octanol–water partition coefficient (Wildman–Crippen LogP) is 2.78. The summed E-state index contributed by atoms with van der Waals surface area (Å²) in [5, 5.41) is 0. The Balaban J connectivity index is 1.41. The summed E-state index contributed by atoms with van der Waals surface area (Å²) in [5.74, 6) is 0.204. The minimum absolute atomic E-state index is 0.192. The van der Waals surface area contributed by atoms with E-state index in [1.54, 1.807) is 12.4 Å². The highest BCUT2D eigenvalue weighted by molar-refractivity contribution is 5.84. The van der Waals surface area contributed by atoms with E-state index in [2.05, 4.69) is 9.88 Å². The minimum Gasteiger partial charge on any atom is -0.371 e. The number of carbonyl (C=O) groups is 1. The number of rotatable bonds is 6. The van der Waals surface area contributed by atoms with Gasteiger partial charge in [0.1, 0.15) is 6.54 Å². The van der Waals surface area contributed by atoms with Gasteiger partial charge in [-0.1, -0.05) is 0 Å². The molecule has 2 fully saturated rings. The predicted molar refractivity (Wildman–Crippen MR) is 97.5 cm³/mol. The first kappa shape index (κ1) is 19.9. The molecule has 0 saturated carbocycles. The molecule has 1 aromatic heterocycles. The largest absolute Gasteiger partial charge is 0.406 e. The zero-order valence-corrected chi connectivity index (χ0v) is 15.7. The van der Waals surface area contributed by atoms with Crippen LogP contribution in [-0.4, -0.2) is 72.7 Å². The molecule has 8 heteroatoms. The standard InChI is InChI=1S/C19H27F3N4O/c1-24(17-7-13-26(18(17)27)14-19(20,21)22)10-4-15-5-11-25(12-6-15)16-2-8-23-9-3-16/h2-3,8-9,15,17H,4-7,10-14H2,1H3. The van der Waals surface area contributed by atoms with Gasteiger partial charge in [-0.25, -0.2) is 0 Å². The molecule has 1 atom stereocenters. The van der Waals surface area contributed by atoms with Gasteiger partial charge >= 0.3 is 6.18 Å². The number of likely N-dealkylation sites (tertiary alicyclic amines) is 1. The van der Waals surface area contributed by atoms with E-state index in [1.807, 2.05) is 24.1 Å². The summed E-state index contributed by atoms with van der Waals surface area (Å²) in [7, 11) is 1.85. The number of piperidine rings is 1. The van der Waals surface area contributed by atoms with Crippen LogP contribution in [0.1, 0.15) is 25.7 Å². The van der Waals surface area contributed by atoms with Crippen molar-refractivity contribution in [2.75, 3.05) is 44.7 Å². The summed E-state index contributed by atoms with van der Waals surface area (Å²) in [5.41, 5.74) is 1.20. The first-order valence-electron chi connectivity index (χ1n) is 9.54. The SMILES string of the molecule is CN(CCC1CCN(c2ccncc2)CC1)C1CCN(CC(F)(F)F)C1=O. The van der Waals surface area contributed by atoms with E-state index in [4.69, 9.17) is 0 Å². The molecule has 1 aromatic rings. The number of pyridine rings is 1. The number of aromatic nitrogens is 1. The van der Waals surface area contributed by atoms with Crippen LogP contribution in [0.25, 0.3) is 0 Å². The molecule has 3 heterocycles. The number of alkyl halides is 3. The van der Waals surface area contributed by atoms with E-state index < -0.39 is 18.8 Å². The molecule has 150 valence electrons. The Kier molecular flexibility index (Phi) is 6.24. The highest BCUT2D eigenvalue weighted by Gasteiger charge is 2.40. The van der Waals surface area contributed by atoms with Crippen molar-refractivity contribution in [2.45, 2.75) is 37.9 Å². The number of likely N-dealkylation sites (N-methyl/N-ethyl adjacent to an activating group) is 1. The van der Waals surface area contributed by atoms with Gasteiger partial charge in [0.25, 0.3) is 0 Å². The van der Waals surface area contributed by atoms with Gasteiger partial charge in [0.05, 0.1) is 6.04 Å². The maximum absolute atomic E-state index is 12.5. The number of halogens is 3. The fourth-order valence-corrected chi connectivity index (χ4v) is 4.08. The summed E-state index contributed by atoms with van der Waals surface area (Å²) in [6, 6.07) is 3.63. The van der Waals surface area contributed by atoms with Crippen molar-refractivity contribution >= 4 is 11.6 Å². The number of anilines is 1. The smallest absolute Gasteiger partial charge is 0.371 e. The highest BCUT2D eigenvalue weighted by atomic mass is 19.4. The summed E-state index contributed by atoms with van der Waals surface area (Å²) in [6.45, 7) is 1.80. The Bertz CT molecular complexity index is 617. The van der Waals surface area contributed by atoms with E-state index >= 15 is 0 Å². The topological polar surface area (TPSA) is 39.7 Å². The van der Waals surface area contributed by atoms with Crippen molar-refractivity contribution < 1.29 is 18.0 Å². The molecule has 0 aromatic carbocycles. The van der Waals surface area contributed by atoms with E-state index in [0.29, 0.717) is 12.3 Å². The minimum atomic E-state index is -4.33. The van der Waals surface area contributed by atoms with Crippen molar-refractivity contribution in [3.05, 3.63) is 24.5 Å². The molecule has 0 N–H and O–H groups in total. The second kappa shape index (κ2) is 8.46. The number of hydrogen-bond donors (Lipinski definition) is 0. The van der Waals surface area contributed by atoms with E-state index in [9.17, 15) is 18.0 Å². The fourth-order valence-electron chi connectivity index (χ4n) is 4.08. The molecular formula is C19H27F3N4O. The number of nitrogens with zero attached hydrogens (tertiary/aromatic N) is 4. The van der Waals surface area contributed by atoms with Gasteiger partial charge in [-0.15, -0.1) is 0 Å². The summed E-state index contributed by atoms with van der Waals surface area (Å²) >= 11 is 0. The van der Waals surface area contributed by atoms with Crippen LogP contribution in [0.3, 0.4) is 0 Å². The van der Waals surface area contributed by atoms with E-state index in [0.717, 1.165) is 43.8 Å². The lowest BCUT2D eigenvalue weighted by molar-refractivity contribution is -0.159. The average molecular weight is 384 g/mol. The van der Waals surface area contributed by atoms with Crippen molar-refractivity contribution in [1.29, 1.82) is 0 Å². The molecule has 2 aliphatic heterocycles. The number of carbonyl (C=O) groups excluding carboxylic acids is 1. The van der Waals surface area contributed by atoms with Gasteiger partial charge < -0.3 is 9.80 Å². The molecule has 2 saturated heterocycles. The quantitative estimate of drug-likeness (QED) is 0.756. The second-order valence-corrected chi connectivity index (χ2v) is 7.58. The summed E-state index contributed by atoms with van der Waals surface area (Å²) in [4.78, 5) is 21.5. The molecule has 27 heavy (non-hydrogen) atoms. The average Bonchev–Trinajstić information content (AvgIpc) is 3.00. The van der Waals surface area contributed by atoms with Crippen LogP contribution in [-0.2, 0) is 4.79 Å². The molecular weight excluding hydrogens is 357 g/mol. The van der Waals surface area contributed by atoms with Crippen LogP contribution in [0.5, 0.6) is 0 Å². The normalized spacial score (nSPS) is 22.1. The lowest BCUT2D eigenvalue weighted by atomic mass is 9.93. The third kappa shape index (κ3) is 5.34. The van der Waals surface area contributed by atoms with Crippen LogP contribution in [0.15, 0.2) is 24.5 Å². The molecule has 0 bridgehead atoms. The molecule has 1 unspecified atom stereocenters. The first-order valence-corrected chi connectivity index (χ1v) is 9.54. The molecule has 0 aliphatic carbocycles. The van der Waals surface area contributed by atoms with Crippen molar-refractivity contribution in [3.8, 4) is 0 Å². The third-order valence-electron chi connectivity index (χ3n) is 5.70. The Hall–Kier alpha value is -1.83. The lowest BCUT2D eigenvalue weighted by Crippen LogP contribution is -2.43. The molecule has 5 nitrogen and oxygen atoms in total. The Morgan fingerprint density at radius 2 is 1.81 bits per heavy atom. The summed E-state index contributed by atoms with van der Waals surface area (Å²) in [6.07, 6.45) is 2.92. The number of amides is 1. The molecule has 0 spiro atoms. The van der Waals surface area contributed by atoms with Crippen LogP contribution in [0.2, 0.25) is 0 Å². The van der Waals surface area contributed by atoms with Gasteiger partial charge in [-0.2, -0.15) is 13.2 Å². The lowest BCUT2D eigenvalue weighted by Gasteiger charge is -2.34. The van der Waals surface area contributed by atoms with Gasteiger partial charge in [-0.05, 0) is 57.3 Å². The molecule has 3 rings (SSSR count). The van der Waals surface area contributed by atoms with Crippen molar-refractivity contribution in [1.82, 2.24) is 14.8 Å². The number of hydrogen-bond acceptors (Lipinski definition) is 4. The van der Waals surface area contributed by atoms with Crippen molar-refractivity contribution in [2.24, 2.45) is 5.92 Å². The van der Waals surface area contributed by atoms with Crippen molar-refractivity contribution in [3.63, 3.8) is 0 Å². The van der Waals surface area contributed by atoms with Crippen LogP contribution < -0.4 is 4.90 Å². The zero-order valence-electron chi connectivity index (χ0n) is 15.7. The van der Waals surface area contributed by atoms with Crippen LogP contribution in [0, 0.1) is 5.92 Å². The Morgan fingerprint density at radius 3 is 2.44 bits per heavy atom. The molecule has 0 radical (unpaired) electrons. The van der Waals surface area contributed by atoms with E-state index in [-0.39, 0.29) is 12.5 Å². The maximum Gasteiger partial charge on any atom is 0.406 e. The van der Waals surface area contributed by atoms with E-state index in [1.165, 1.54) is 5.69 Å². The second-order valence-electron chi connectivity index (χ2n) is 7.58. The van der Waals surface area contributed by atoms with Gasteiger partial charge in [0.15, 0.2) is 0 Å². The Morgan fingerprint density at radius 1 is 1.15 bits per heavy atom. The Labute approximate surface area is 158 Å². The monoisotopic (exact) mass is 384 g/mol. The molecule has 1 amide bonds. The third-order valence-corrected chi connectivity index (χ3v) is 5.70. The van der Waals surface area contributed by atoms with Crippen LogP contribution >= 0.6 is 0 Å².